The van der Waals surface area contributed by atoms with E-state index in [4.69, 9.17) is 33.2 Å². The molecule has 0 atom stereocenters. The Morgan fingerprint density at radius 2 is 1.05 bits per heavy atom. The second kappa shape index (κ2) is 14.0. The first kappa shape index (κ1) is 31.3. The van der Waals surface area contributed by atoms with Gasteiger partial charge in [0.15, 0.2) is 0 Å². The molecule has 0 radical (unpaired) electrons. The van der Waals surface area contributed by atoms with E-state index in [2.05, 4.69) is 15.9 Å². The summed E-state index contributed by atoms with van der Waals surface area (Å²) >= 11 is 14.8. The summed E-state index contributed by atoms with van der Waals surface area (Å²) in [5, 5.41) is 41.0. The molecular weight excluding hydrogens is 648 g/mol. The van der Waals surface area contributed by atoms with Gasteiger partial charge in [0.05, 0.1) is 9.50 Å². The predicted octanol–water partition coefficient (Wildman–Crippen LogP) is 8.47. The fourth-order valence-electron chi connectivity index (χ4n) is 4.14. The highest BCUT2D eigenvalue weighted by atomic mass is 79.9. The lowest BCUT2D eigenvalue weighted by atomic mass is 9.80. The van der Waals surface area contributed by atoms with E-state index >= 15 is 0 Å². The normalized spacial score (nSPS) is 10.5. The van der Waals surface area contributed by atoms with E-state index in [1.54, 1.807) is 30.3 Å². The third kappa shape index (κ3) is 7.40. The number of rotatable bonds is 2. The molecule has 6 aromatic rings. The fourth-order valence-corrected chi connectivity index (χ4v) is 5.03. The molecule has 0 aliphatic rings. The molecule has 0 spiro atoms. The number of hydrogen-bond donors (Lipinski definition) is 4. The van der Waals surface area contributed by atoms with Crippen molar-refractivity contribution < 1.29 is 29.0 Å². The Kier molecular flexibility index (Phi) is 10.4. The van der Waals surface area contributed by atoms with Crippen LogP contribution in [0.5, 0.6) is 11.5 Å². The summed E-state index contributed by atoms with van der Waals surface area (Å²) in [6.45, 7) is 0. The van der Waals surface area contributed by atoms with Crippen LogP contribution in [0.4, 0.5) is 8.78 Å². The van der Waals surface area contributed by atoms with Crippen molar-refractivity contribution >= 4 is 73.3 Å². The Bertz CT molecular complexity index is 1790. The van der Waals surface area contributed by atoms with E-state index in [1.807, 2.05) is 54.6 Å². The Hall–Kier alpha value is -3.66. The van der Waals surface area contributed by atoms with E-state index in [0.717, 1.165) is 32.1 Å². The van der Waals surface area contributed by atoms with Gasteiger partial charge in [-0.1, -0.05) is 83.9 Å². The lowest BCUT2D eigenvalue weighted by Gasteiger charge is -2.10. The monoisotopic (exact) mass is 668 g/mol. The highest BCUT2D eigenvalue weighted by Gasteiger charge is 2.19. The second-order valence-electron chi connectivity index (χ2n) is 8.97. The molecule has 0 unspecified atom stereocenters. The standard InChI is InChI=1S/C16H10ClFO.C10H7BrO.C6H5BClFO2/c17-13-6-3-7-14(18)16(13)12-8-10-4-1-2-5-11(10)9-15(12)19;11-9-5-7-3-1-2-4-8(7)6-10(9)12;8-4-2-1-3-5(9)6(4)7(10)11/h1-9,19H;1-6,12H;1-3,10-11H. The molecule has 0 heterocycles. The third-order valence-corrected chi connectivity index (χ3v) is 7.45. The van der Waals surface area contributed by atoms with Gasteiger partial charge < -0.3 is 20.3 Å². The maximum Gasteiger partial charge on any atom is 0.492 e. The molecule has 0 saturated carbocycles. The number of aromatic hydroxyl groups is 2. The minimum absolute atomic E-state index is 0.0139. The summed E-state index contributed by atoms with van der Waals surface area (Å²) in [6, 6.07) is 30.9. The van der Waals surface area contributed by atoms with Crippen molar-refractivity contribution in [2.45, 2.75) is 0 Å². The number of halogens is 5. The van der Waals surface area contributed by atoms with Gasteiger partial charge in [-0.15, -0.1) is 0 Å². The van der Waals surface area contributed by atoms with Gasteiger partial charge in [-0.3, -0.25) is 0 Å². The first-order valence-electron chi connectivity index (χ1n) is 12.4. The first-order chi connectivity index (χ1) is 20.1. The smallest absolute Gasteiger partial charge is 0.492 e. The zero-order valence-electron chi connectivity index (χ0n) is 21.6. The van der Waals surface area contributed by atoms with Gasteiger partial charge in [0.25, 0.3) is 0 Å². The predicted molar refractivity (Wildman–Crippen MR) is 171 cm³/mol. The van der Waals surface area contributed by atoms with Gasteiger partial charge in [-0.25, -0.2) is 8.78 Å². The number of fused-ring (bicyclic) bond motifs is 2. The quantitative estimate of drug-likeness (QED) is 0.140. The van der Waals surface area contributed by atoms with Crippen LogP contribution in [0.25, 0.3) is 32.7 Å². The average molecular weight is 670 g/mol. The Balaban J connectivity index is 0.000000153. The van der Waals surface area contributed by atoms with Crippen molar-refractivity contribution in [3.8, 4) is 22.6 Å². The van der Waals surface area contributed by atoms with Crippen molar-refractivity contribution in [1.82, 2.24) is 0 Å². The van der Waals surface area contributed by atoms with Crippen LogP contribution < -0.4 is 5.46 Å². The number of hydrogen-bond acceptors (Lipinski definition) is 4. The van der Waals surface area contributed by atoms with Crippen molar-refractivity contribution in [2.75, 3.05) is 0 Å². The summed E-state index contributed by atoms with van der Waals surface area (Å²) in [5.41, 5.74) is 0.350. The molecule has 6 rings (SSSR count). The van der Waals surface area contributed by atoms with Crippen LogP contribution in [0.15, 0.2) is 114 Å². The molecule has 0 aliphatic heterocycles. The number of benzene rings is 6. The zero-order valence-corrected chi connectivity index (χ0v) is 24.7. The summed E-state index contributed by atoms with van der Waals surface area (Å²) in [6.07, 6.45) is 0. The molecule has 0 saturated heterocycles. The summed E-state index contributed by atoms with van der Waals surface area (Å²) in [7, 11) is -1.86. The Morgan fingerprint density at radius 1 is 0.571 bits per heavy atom. The van der Waals surface area contributed by atoms with Crippen molar-refractivity contribution in [2.24, 2.45) is 0 Å². The van der Waals surface area contributed by atoms with Crippen LogP contribution in [-0.2, 0) is 0 Å². The number of phenolic OH excluding ortho intramolecular Hbond substituents is 2. The van der Waals surface area contributed by atoms with Crippen LogP contribution in [0.1, 0.15) is 0 Å². The van der Waals surface area contributed by atoms with Gasteiger partial charge in [0, 0.05) is 21.6 Å². The molecule has 0 fully saturated rings. The minimum Gasteiger partial charge on any atom is -0.507 e. The van der Waals surface area contributed by atoms with Gasteiger partial charge in [-0.05, 0) is 86.0 Å². The van der Waals surface area contributed by atoms with E-state index in [1.165, 1.54) is 18.2 Å². The summed E-state index contributed by atoms with van der Waals surface area (Å²) < 4.78 is 27.4. The molecule has 0 aliphatic carbocycles. The molecule has 42 heavy (non-hydrogen) atoms. The molecule has 6 aromatic carbocycles. The van der Waals surface area contributed by atoms with Gasteiger partial charge in [0.2, 0.25) is 0 Å². The van der Waals surface area contributed by atoms with Crippen molar-refractivity contribution in [3.05, 3.63) is 135 Å². The molecule has 212 valence electrons. The van der Waals surface area contributed by atoms with Crippen LogP contribution in [0.3, 0.4) is 0 Å². The van der Waals surface area contributed by atoms with Gasteiger partial charge >= 0.3 is 7.12 Å². The highest BCUT2D eigenvalue weighted by molar-refractivity contribution is 9.10. The largest absolute Gasteiger partial charge is 0.507 e. The minimum atomic E-state index is -1.86. The van der Waals surface area contributed by atoms with Crippen molar-refractivity contribution in [3.63, 3.8) is 0 Å². The topological polar surface area (TPSA) is 80.9 Å². The van der Waals surface area contributed by atoms with Crippen molar-refractivity contribution in [1.29, 1.82) is 0 Å². The third-order valence-electron chi connectivity index (χ3n) is 6.17. The molecule has 10 heteroatoms. The van der Waals surface area contributed by atoms with E-state index in [9.17, 15) is 19.0 Å². The molecule has 0 aromatic heterocycles. The lowest BCUT2D eigenvalue weighted by Crippen LogP contribution is -2.33. The van der Waals surface area contributed by atoms with Crippen LogP contribution in [-0.4, -0.2) is 27.4 Å². The van der Waals surface area contributed by atoms with E-state index in [0.29, 0.717) is 5.56 Å². The summed E-state index contributed by atoms with van der Waals surface area (Å²) in [5.74, 6) is -0.856. The summed E-state index contributed by atoms with van der Waals surface area (Å²) in [4.78, 5) is 0. The van der Waals surface area contributed by atoms with E-state index < -0.39 is 18.8 Å². The Morgan fingerprint density at radius 3 is 1.55 bits per heavy atom. The first-order valence-corrected chi connectivity index (χ1v) is 13.9. The highest BCUT2D eigenvalue weighted by Crippen LogP contribution is 2.38. The van der Waals surface area contributed by atoms with E-state index in [-0.39, 0.29) is 32.6 Å². The molecule has 4 nitrogen and oxygen atoms in total. The Labute approximate surface area is 259 Å². The number of phenols is 2. The van der Waals surface area contributed by atoms with Gasteiger partial charge in [0.1, 0.15) is 23.1 Å². The van der Waals surface area contributed by atoms with Gasteiger partial charge in [-0.2, -0.15) is 0 Å². The molecule has 0 bridgehead atoms. The van der Waals surface area contributed by atoms with Crippen LogP contribution >= 0.6 is 39.1 Å². The zero-order chi connectivity index (χ0) is 30.4. The molecule has 0 amide bonds. The lowest BCUT2D eigenvalue weighted by molar-refractivity contribution is 0.423. The van der Waals surface area contributed by atoms with Crippen LogP contribution in [0, 0.1) is 11.6 Å². The maximum absolute atomic E-state index is 13.9. The molecule has 4 N–H and O–H groups in total. The SMILES string of the molecule is OB(O)c1c(F)cccc1Cl.Oc1cc2ccccc2cc1-c1c(F)cccc1Cl.Oc1cc2ccccc2cc1Br. The van der Waals surface area contributed by atoms with Crippen LogP contribution in [0.2, 0.25) is 10.0 Å². The maximum atomic E-state index is 13.9. The molecular formula is C32H22BBrCl2F2O4. The second-order valence-corrected chi connectivity index (χ2v) is 10.6. The fraction of sp³-hybridized carbons (Fsp3) is 0. The average Bonchev–Trinajstić information content (AvgIpc) is 2.94.